The van der Waals surface area contributed by atoms with E-state index in [1.54, 1.807) is 0 Å². The van der Waals surface area contributed by atoms with Crippen molar-refractivity contribution in [1.29, 1.82) is 0 Å². The Bertz CT molecular complexity index is 3840. The summed E-state index contributed by atoms with van der Waals surface area (Å²) in [4.78, 5) is 16.0. The molecular weight excluding hydrogens is 723 g/mol. The van der Waals surface area contributed by atoms with E-state index in [1.807, 2.05) is 24.3 Å². The summed E-state index contributed by atoms with van der Waals surface area (Å²) in [5, 5.41) is 7.55. The Morgan fingerprint density at radius 1 is 0.390 bits per heavy atom. The molecule has 0 N–H and O–H groups in total. The van der Waals surface area contributed by atoms with Crippen molar-refractivity contribution in [3.8, 4) is 39.5 Å². The van der Waals surface area contributed by atoms with E-state index < -0.39 is 0 Å². The number of para-hydroxylation sites is 4. The number of hydrogen-bond acceptors (Lipinski definition) is 4. The number of rotatable bonds is 4. The Hall–Kier alpha value is -8.09. The van der Waals surface area contributed by atoms with Crippen molar-refractivity contribution in [3.63, 3.8) is 0 Å². The summed E-state index contributed by atoms with van der Waals surface area (Å²) in [6.07, 6.45) is 0. The predicted octanol–water partition coefficient (Wildman–Crippen LogP) is 13.6. The Kier molecular flexibility index (Phi) is 6.63. The van der Waals surface area contributed by atoms with Crippen LogP contribution in [0.2, 0.25) is 0 Å². The molecule has 274 valence electrons. The maximum absolute atomic E-state index is 6.65. The first kappa shape index (κ1) is 32.0. The van der Waals surface area contributed by atoms with Gasteiger partial charge in [-0.15, -0.1) is 0 Å². The van der Waals surface area contributed by atoms with E-state index in [2.05, 4.69) is 173 Å². The third-order valence-electron chi connectivity index (χ3n) is 11.9. The van der Waals surface area contributed by atoms with Gasteiger partial charge in [-0.3, -0.25) is 4.40 Å². The standard InChI is InChI=1S/C53H31N5O/c1-3-14-32(15-4-1)51-55-50(49-37-19-7-8-20-38(37)52-54-42-22-10-12-24-45(42)58(52)53(49)56-51)39-21-13-25-47-48(39)41-31-34(27-29-46(41)59-47)33-26-28-44-40(30-33)36-18-9-11-23-43(36)57(44)35-16-5-2-6-17-35/h1-31H. The summed E-state index contributed by atoms with van der Waals surface area (Å²) < 4.78 is 11.2. The third kappa shape index (κ3) is 4.65. The molecule has 13 aromatic rings. The zero-order valence-corrected chi connectivity index (χ0v) is 31.5. The number of benzene rings is 8. The molecule has 6 heteroatoms. The zero-order chi connectivity index (χ0) is 38.6. The molecule has 5 heterocycles. The van der Waals surface area contributed by atoms with Gasteiger partial charge in [0.2, 0.25) is 0 Å². The summed E-state index contributed by atoms with van der Waals surface area (Å²) in [5.74, 6) is 0.649. The van der Waals surface area contributed by atoms with Gasteiger partial charge in [0.05, 0.1) is 33.1 Å². The molecule has 0 aliphatic rings. The molecule has 0 spiro atoms. The van der Waals surface area contributed by atoms with Crippen LogP contribution >= 0.6 is 0 Å². The predicted molar refractivity (Wildman–Crippen MR) is 241 cm³/mol. The molecule has 0 radical (unpaired) electrons. The maximum Gasteiger partial charge on any atom is 0.162 e. The van der Waals surface area contributed by atoms with Crippen molar-refractivity contribution in [1.82, 2.24) is 23.9 Å². The molecule has 0 saturated heterocycles. The average Bonchev–Trinajstić information content (AvgIpc) is 3.99. The Morgan fingerprint density at radius 3 is 1.92 bits per heavy atom. The monoisotopic (exact) mass is 753 g/mol. The molecular formula is C53H31N5O. The largest absolute Gasteiger partial charge is 0.456 e. The lowest BCUT2D eigenvalue weighted by Gasteiger charge is -2.15. The number of pyridine rings is 1. The molecule has 13 rings (SSSR count). The summed E-state index contributed by atoms with van der Waals surface area (Å²) in [6, 6.07) is 66.0. The van der Waals surface area contributed by atoms with E-state index in [0.29, 0.717) is 5.82 Å². The molecule has 5 aromatic heterocycles. The van der Waals surface area contributed by atoms with Crippen molar-refractivity contribution in [2.45, 2.75) is 0 Å². The van der Waals surface area contributed by atoms with E-state index in [0.717, 1.165) is 94.1 Å². The highest BCUT2D eigenvalue weighted by molar-refractivity contribution is 6.21. The van der Waals surface area contributed by atoms with E-state index >= 15 is 0 Å². The second kappa shape index (κ2) is 12.2. The Morgan fingerprint density at radius 2 is 1.07 bits per heavy atom. The lowest BCUT2D eigenvalue weighted by Crippen LogP contribution is -2.01. The van der Waals surface area contributed by atoms with Gasteiger partial charge in [-0.05, 0) is 77.2 Å². The van der Waals surface area contributed by atoms with Crippen LogP contribution in [0.25, 0.3) is 122 Å². The molecule has 6 nitrogen and oxygen atoms in total. The average molecular weight is 754 g/mol. The fourth-order valence-corrected chi connectivity index (χ4v) is 9.30. The van der Waals surface area contributed by atoms with Gasteiger partial charge in [-0.2, -0.15) is 0 Å². The van der Waals surface area contributed by atoms with Crippen LogP contribution < -0.4 is 0 Å². The first-order valence-electron chi connectivity index (χ1n) is 19.9. The summed E-state index contributed by atoms with van der Waals surface area (Å²) in [6.45, 7) is 0. The Balaban J connectivity index is 1.10. The summed E-state index contributed by atoms with van der Waals surface area (Å²) in [7, 11) is 0. The zero-order valence-electron chi connectivity index (χ0n) is 31.5. The van der Waals surface area contributed by atoms with Crippen LogP contribution in [0.1, 0.15) is 0 Å². The van der Waals surface area contributed by atoms with Crippen molar-refractivity contribution in [2.75, 3.05) is 0 Å². The SMILES string of the molecule is c1ccc(-c2nc(-c3cccc4oc5ccc(-c6ccc7c(c6)c6ccccc6n7-c6ccccc6)cc5c34)c3c4ccccc4c4nc5ccccc5n4c3n2)cc1. The van der Waals surface area contributed by atoms with Crippen LogP contribution in [-0.4, -0.2) is 23.9 Å². The van der Waals surface area contributed by atoms with Gasteiger partial charge in [0.15, 0.2) is 11.5 Å². The van der Waals surface area contributed by atoms with Crippen molar-refractivity contribution in [3.05, 3.63) is 188 Å². The number of fused-ring (bicyclic) bond motifs is 14. The minimum absolute atomic E-state index is 0.649. The van der Waals surface area contributed by atoms with Crippen molar-refractivity contribution >= 4 is 82.2 Å². The van der Waals surface area contributed by atoms with Crippen molar-refractivity contribution < 1.29 is 4.42 Å². The van der Waals surface area contributed by atoms with Crippen LogP contribution in [-0.2, 0) is 0 Å². The molecule has 0 aliphatic carbocycles. The molecule has 59 heavy (non-hydrogen) atoms. The molecule has 0 atom stereocenters. The molecule has 0 saturated carbocycles. The molecule has 0 amide bonds. The summed E-state index contributed by atoms with van der Waals surface area (Å²) in [5.41, 5.74) is 13.8. The molecule has 0 unspecified atom stereocenters. The number of imidazole rings is 1. The second-order valence-corrected chi connectivity index (χ2v) is 15.2. The third-order valence-corrected chi connectivity index (χ3v) is 11.9. The molecule has 8 aromatic carbocycles. The van der Waals surface area contributed by atoms with Gasteiger partial charge in [0.1, 0.15) is 16.8 Å². The van der Waals surface area contributed by atoms with Gasteiger partial charge >= 0.3 is 0 Å². The molecule has 0 bridgehead atoms. The fourth-order valence-electron chi connectivity index (χ4n) is 9.30. The highest BCUT2D eigenvalue weighted by Crippen LogP contribution is 2.44. The number of hydrogen-bond donors (Lipinski definition) is 0. The van der Waals surface area contributed by atoms with Crippen LogP contribution in [0, 0.1) is 0 Å². The van der Waals surface area contributed by atoms with Gasteiger partial charge in [0.25, 0.3) is 0 Å². The van der Waals surface area contributed by atoms with Gasteiger partial charge < -0.3 is 8.98 Å². The minimum atomic E-state index is 0.649. The fraction of sp³-hybridized carbons (Fsp3) is 0. The van der Waals surface area contributed by atoms with E-state index in [9.17, 15) is 0 Å². The minimum Gasteiger partial charge on any atom is -0.456 e. The normalized spacial score (nSPS) is 12.1. The lowest BCUT2D eigenvalue weighted by atomic mass is 9.96. The first-order valence-corrected chi connectivity index (χ1v) is 19.9. The maximum atomic E-state index is 6.65. The van der Waals surface area contributed by atoms with Crippen molar-refractivity contribution in [2.24, 2.45) is 0 Å². The van der Waals surface area contributed by atoms with Crippen LogP contribution in [0.5, 0.6) is 0 Å². The molecule has 0 aliphatic heterocycles. The van der Waals surface area contributed by atoms with E-state index in [-0.39, 0.29) is 0 Å². The summed E-state index contributed by atoms with van der Waals surface area (Å²) >= 11 is 0. The Labute approximate surface area is 336 Å². The first-order chi connectivity index (χ1) is 29.3. The lowest BCUT2D eigenvalue weighted by molar-refractivity contribution is 0.669. The van der Waals surface area contributed by atoms with Gasteiger partial charge in [0, 0.05) is 43.7 Å². The number of aromatic nitrogens is 5. The number of nitrogens with zero attached hydrogens (tertiary/aromatic N) is 5. The van der Waals surface area contributed by atoms with Gasteiger partial charge in [-0.25, -0.2) is 15.0 Å². The topological polar surface area (TPSA) is 61.2 Å². The van der Waals surface area contributed by atoms with Crippen LogP contribution in [0.15, 0.2) is 192 Å². The quantitative estimate of drug-likeness (QED) is 0.168. The number of furan rings is 1. The smallest absolute Gasteiger partial charge is 0.162 e. The van der Waals surface area contributed by atoms with E-state index in [1.165, 1.54) is 21.8 Å². The highest BCUT2D eigenvalue weighted by atomic mass is 16.3. The van der Waals surface area contributed by atoms with Crippen LogP contribution in [0.3, 0.4) is 0 Å². The van der Waals surface area contributed by atoms with Gasteiger partial charge in [-0.1, -0.05) is 127 Å². The van der Waals surface area contributed by atoms with Crippen LogP contribution in [0.4, 0.5) is 0 Å². The highest BCUT2D eigenvalue weighted by Gasteiger charge is 2.23. The van der Waals surface area contributed by atoms with E-state index in [4.69, 9.17) is 19.4 Å². The molecule has 0 fully saturated rings. The second-order valence-electron chi connectivity index (χ2n) is 15.2.